The SMILES string of the molecule is NC(=O)Oc1nccn1[N+](=O)[O-]. The van der Waals surface area contributed by atoms with Crippen LogP contribution in [0.15, 0.2) is 12.4 Å². The van der Waals surface area contributed by atoms with Crippen molar-refractivity contribution in [3.8, 4) is 6.01 Å². The number of rotatable bonds is 2. The number of amides is 1. The number of nitro groups is 1. The Hall–Kier alpha value is -2.12. The average molecular weight is 172 g/mol. The predicted molar refractivity (Wildman–Crippen MR) is 34.8 cm³/mol. The summed E-state index contributed by atoms with van der Waals surface area (Å²) in [5, 5.41) is 9.36. The first-order valence-electron chi connectivity index (χ1n) is 2.76. The number of nitrogens with two attached hydrogens (primary N) is 1. The summed E-state index contributed by atoms with van der Waals surface area (Å²) in [5.74, 6) is 0. The van der Waals surface area contributed by atoms with Crippen molar-refractivity contribution >= 4 is 6.09 Å². The molecule has 0 aliphatic carbocycles. The molecule has 64 valence electrons. The van der Waals surface area contributed by atoms with Crippen molar-refractivity contribution in [2.75, 3.05) is 0 Å². The third-order valence-electron chi connectivity index (χ3n) is 0.957. The maximum absolute atomic E-state index is 10.2. The van der Waals surface area contributed by atoms with Crippen molar-refractivity contribution < 1.29 is 14.6 Å². The van der Waals surface area contributed by atoms with Crippen LogP contribution in [0.1, 0.15) is 0 Å². The lowest BCUT2D eigenvalue weighted by atomic mass is 11.0. The van der Waals surface area contributed by atoms with Crippen LogP contribution < -0.4 is 10.5 Å². The molecule has 0 radical (unpaired) electrons. The van der Waals surface area contributed by atoms with Crippen LogP contribution in [0, 0.1) is 10.1 Å². The van der Waals surface area contributed by atoms with E-state index in [2.05, 4.69) is 15.5 Å². The fourth-order valence-corrected chi connectivity index (χ4v) is 0.571. The Bertz CT molecular complexity index is 319. The highest BCUT2D eigenvalue weighted by Gasteiger charge is 2.14. The van der Waals surface area contributed by atoms with E-state index in [1.54, 1.807) is 0 Å². The second-order valence-corrected chi connectivity index (χ2v) is 1.71. The molecule has 0 aliphatic rings. The molecule has 0 aliphatic heterocycles. The van der Waals surface area contributed by atoms with Crippen LogP contribution in [0.25, 0.3) is 0 Å². The maximum Gasteiger partial charge on any atom is 0.412 e. The molecule has 8 nitrogen and oxygen atoms in total. The van der Waals surface area contributed by atoms with Gasteiger partial charge in [0.2, 0.25) is 0 Å². The van der Waals surface area contributed by atoms with Gasteiger partial charge >= 0.3 is 12.1 Å². The van der Waals surface area contributed by atoms with E-state index in [0.717, 1.165) is 12.4 Å². The molecule has 0 aromatic carbocycles. The number of imidazole rings is 1. The average Bonchev–Trinajstić information content (AvgIpc) is 2.33. The molecule has 1 rings (SSSR count). The minimum Gasteiger partial charge on any atom is -0.372 e. The summed E-state index contributed by atoms with van der Waals surface area (Å²) in [6, 6.07) is -0.465. The van der Waals surface area contributed by atoms with Gasteiger partial charge in [0.15, 0.2) is 5.03 Å². The molecule has 0 saturated carbocycles. The lowest BCUT2D eigenvalue weighted by Gasteiger charge is -1.95. The van der Waals surface area contributed by atoms with E-state index in [1.807, 2.05) is 0 Å². The number of carbonyl (C=O) groups excluding carboxylic acids is 1. The third-order valence-corrected chi connectivity index (χ3v) is 0.957. The molecule has 0 bridgehead atoms. The van der Waals surface area contributed by atoms with Gasteiger partial charge in [-0.1, -0.05) is 0 Å². The summed E-state index contributed by atoms with van der Waals surface area (Å²) < 4.78 is 4.63. The lowest BCUT2D eigenvalue weighted by molar-refractivity contribution is -0.543. The van der Waals surface area contributed by atoms with Crippen molar-refractivity contribution in [2.45, 2.75) is 0 Å². The molecule has 0 spiro atoms. The molecule has 8 heteroatoms. The lowest BCUT2D eigenvalue weighted by Crippen LogP contribution is -2.20. The molecule has 1 aromatic heterocycles. The topological polar surface area (TPSA) is 113 Å². The normalized spacial score (nSPS) is 9.33. The Morgan fingerprint density at radius 2 is 2.50 bits per heavy atom. The first kappa shape index (κ1) is 7.98. The standard InChI is InChI=1S/C4H4N4O4/c5-3(9)12-4-6-1-2-7(4)8(10)11/h1-2H,(H2,5,9). The van der Waals surface area contributed by atoms with Crippen LogP contribution in [0.5, 0.6) is 6.01 Å². The van der Waals surface area contributed by atoms with Crippen LogP contribution >= 0.6 is 0 Å². The number of primary amides is 1. The van der Waals surface area contributed by atoms with E-state index < -0.39 is 17.1 Å². The molecule has 12 heavy (non-hydrogen) atoms. The predicted octanol–water partition coefficient (Wildman–Crippen LogP) is -0.620. The van der Waals surface area contributed by atoms with Gasteiger partial charge in [-0.2, -0.15) is 4.98 Å². The summed E-state index contributed by atoms with van der Waals surface area (Å²) in [5.41, 5.74) is 4.62. The monoisotopic (exact) mass is 172 g/mol. The Labute approximate surface area is 65.7 Å². The smallest absolute Gasteiger partial charge is 0.372 e. The molecular formula is C4H4N4O4. The van der Waals surface area contributed by atoms with Gasteiger partial charge in [-0.3, -0.25) is 0 Å². The fourth-order valence-electron chi connectivity index (χ4n) is 0.571. The van der Waals surface area contributed by atoms with Gasteiger partial charge in [0.05, 0.1) is 12.4 Å². The number of carbonyl (C=O) groups is 1. The minimum atomic E-state index is -1.15. The third kappa shape index (κ3) is 1.48. The molecule has 0 unspecified atom stereocenters. The molecule has 2 N–H and O–H groups in total. The summed E-state index contributed by atoms with van der Waals surface area (Å²) in [4.78, 5) is 23.7. The van der Waals surface area contributed by atoms with E-state index in [-0.39, 0.29) is 0 Å². The van der Waals surface area contributed by atoms with E-state index in [1.165, 1.54) is 0 Å². The van der Waals surface area contributed by atoms with E-state index in [4.69, 9.17) is 0 Å². The first-order chi connectivity index (χ1) is 5.61. The highest BCUT2D eigenvalue weighted by Crippen LogP contribution is 2.05. The van der Waals surface area contributed by atoms with Gasteiger partial charge in [-0.05, 0) is 4.68 Å². The van der Waals surface area contributed by atoms with Crippen LogP contribution in [0.4, 0.5) is 4.79 Å². The van der Waals surface area contributed by atoms with Gasteiger partial charge in [0.25, 0.3) is 0 Å². The van der Waals surface area contributed by atoms with Crippen LogP contribution in [-0.4, -0.2) is 20.8 Å². The van der Waals surface area contributed by atoms with Crippen molar-refractivity contribution in [1.29, 1.82) is 0 Å². The number of hydrogen-bond donors (Lipinski definition) is 1. The minimum absolute atomic E-state index is 0.435. The zero-order chi connectivity index (χ0) is 9.14. The highest BCUT2D eigenvalue weighted by molar-refractivity contribution is 5.66. The summed E-state index contributed by atoms with van der Waals surface area (Å²) in [6.07, 6.45) is 0.989. The zero-order valence-electron chi connectivity index (χ0n) is 5.71. The van der Waals surface area contributed by atoms with Crippen LogP contribution in [0.3, 0.4) is 0 Å². The van der Waals surface area contributed by atoms with Crippen molar-refractivity contribution in [1.82, 2.24) is 9.66 Å². The summed E-state index contributed by atoms with van der Waals surface area (Å²) >= 11 is 0. The molecule has 0 atom stereocenters. The highest BCUT2D eigenvalue weighted by atomic mass is 16.7. The Balaban J connectivity index is 2.91. The van der Waals surface area contributed by atoms with Crippen molar-refractivity contribution in [3.05, 3.63) is 22.5 Å². The van der Waals surface area contributed by atoms with Gasteiger partial charge in [-0.15, -0.1) is 0 Å². The molecule has 1 aromatic rings. The van der Waals surface area contributed by atoms with Crippen LogP contribution in [-0.2, 0) is 0 Å². The van der Waals surface area contributed by atoms with Gasteiger partial charge in [0, 0.05) is 0 Å². The summed E-state index contributed by atoms with van der Waals surface area (Å²) in [6.45, 7) is 0. The van der Waals surface area contributed by atoms with E-state index >= 15 is 0 Å². The second-order valence-electron chi connectivity index (χ2n) is 1.71. The maximum atomic E-state index is 10.2. The number of ether oxygens (including phenoxy) is 1. The molecule has 1 amide bonds. The van der Waals surface area contributed by atoms with E-state index in [0.29, 0.717) is 4.68 Å². The Kier molecular flexibility index (Phi) is 1.90. The Morgan fingerprint density at radius 3 is 3.00 bits per heavy atom. The zero-order valence-corrected chi connectivity index (χ0v) is 5.71. The quantitative estimate of drug-likeness (QED) is 0.471. The molecule has 0 fully saturated rings. The molecular weight excluding hydrogens is 168 g/mol. The van der Waals surface area contributed by atoms with Crippen molar-refractivity contribution in [3.63, 3.8) is 0 Å². The number of aromatic nitrogens is 2. The van der Waals surface area contributed by atoms with Gasteiger partial charge in [0.1, 0.15) is 0 Å². The second kappa shape index (κ2) is 2.86. The van der Waals surface area contributed by atoms with E-state index in [9.17, 15) is 14.9 Å². The van der Waals surface area contributed by atoms with Gasteiger partial charge in [-0.25, -0.2) is 14.9 Å². The van der Waals surface area contributed by atoms with Crippen molar-refractivity contribution in [2.24, 2.45) is 5.73 Å². The fraction of sp³-hybridized carbons (Fsp3) is 0. The molecule has 0 saturated heterocycles. The largest absolute Gasteiger partial charge is 0.412 e. The van der Waals surface area contributed by atoms with Gasteiger partial charge < -0.3 is 10.5 Å². The number of nitrogens with zero attached hydrogens (tertiary/aromatic N) is 3. The first-order valence-corrected chi connectivity index (χ1v) is 2.76. The van der Waals surface area contributed by atoms with Crippen LogP contribution in [0.2, 0.25) is 0 Å². The number of hydrogen-bond acceptors (Lipinski definition) is 5. The molecule has 1 heterocycles. The Morgan fingerprint density at radius 1 is 1.83 bits per heavy atom. The summed E-state index contributed by atoms with van der Waals surface area (Å²) in [7, 11) is 0.